The molecular formula is C17H26O3. The number of hydrogen-bond donors (Lipinski definition) is 1. The summed E-state index contributed by atoms with van der Waals surface area (Å²) in [6, 6.07) is 9.32. The smallest absolute Gasteiger partial charge is 0.312 e. The Balaban J connectivity index is 3.11. The zero-order valence-electron chi connectivity index (χ0n) is 13.3. The van der Waals surface area contributed by atoms with Gasteiger partial charge in [0.1, 0.15) is 11.2 Å². The van der Waals surface area contributed by atoms with Crippen molar-refractivity contribution < 1.29 is 14.6 Å². The Labute approximate surface area is 122 Å². The summed E-state index contributed by atoms with van der Waals surface area (Å²) in [5.41, 5.74) is -1.04. The third-order valence-corrected chi connectivity index (χ3v) is 3.54. The Morgan fingerprint density at radius 3 is 2.00 bits per heavy atom. The molecule has 0 aliphatic carbocycles. The van der Waals surface area contributed by atoms with Gasteiger partial charge >= 0.3 is 5.97 Å². The van der Waals surface area contributed by atoms with Crippen LogP contribution in [0, 0.1) is 11.8 Å². The topological polar surface area (TPSA) is 46.5 Å². The van der Waals surface area contributed by atoms with Crippen molar-refractivity contribution in [1.29, 1.82) is 0 Å². The number of rotatable bonds is 4. The molecule has 0 spiro atoms. The molecule has 0 bridgehead atoms. The molecule has 0 aliphatic heterocycles. The summed E-state index contributed by atoms with van der Waals surface area (Å²) in [7, 11) is 0. The van der Waals surface area contributed by atoms with Gasteiger partial charge < -0.3 is 9.84 Å². The van der Waals surface area contributed by atoms with Crippen LogP contribution in [-0.2, 0) is 15.1 Å². The largest absolute Gasteiger partial charge is 0.460 e. The molecule has 0 fully saturated rings. The van der Waals surface area contributed by atoms with E-state index >= 15 is 0 Å². The van der Waals surface area contributed by atoms with Crippen LogP contribution in [-0.4, -0.2) is 16.7 Å². The summed E-state index contributed by atoms with van der Waals surface area (Å²) in [5, 5.41) is 11.1. The summed E-state index contributed by atoms with van der Waals surface area (Å²) >= 11 is 0. The minimum atomic E-state index is -1.23. The molecule has 2 unspecified atom stereocenters. The molecule has 0 amide bonds. The highest BCUT2D eigenvalue weighted by Crippen LogP contribution is 2.38. The third-order valence-electron chi connectivity index (χ3n) is 3.54. The van der Waals surface area contributed by atoms with Gasteiger partial charge in [0.05, 0.1) is 5.92 Å². The number of carbonyl (C=O) groups is 1. The molecule has 1 aromatic rings. The number of esters is 1. The van der Waals surface area contributed by atoms with Crippen LogP contribution in [0.4, 0.5) is 0 Å². The average Bonchev–Trinajstić information content (AvgIpc) is 2.35. The molecule has 2 atom stereocenters. The maximum Gasteiger partial charge on any atom is 0.312 e. The summed E-state index contributed by atoms with van der Waals surface area (Å²) in [4.78, 5) is 12.3. The fourth-order valence-electron chi connectivity index (χ4n) is 2.36. The van der Waals surface area contributed by atoms with Crippen LogP contribution in [0.5, 0.6) is 0 Å². The van der Waals surface area contributed by atoms with Crippen molar-refractivity contribution in [3.05, 3.63) is 35.9 Å². The lowest BCUT2D eigenvalue weighted by atomic mass is 9.74. The number of benzene rings is 1. The summed E-state index contributed by atoms with van der Waals surface area (Å²) in [5.74, 6) is -1.12. The van der Waals surface area contributed by atoms with Crippen LogP contribution in [0.25, 0.3) is 0 Å². The second-order valence-corrected chi connectivity index (χ2v) is 6.60. The van der Waals surface area contributed by atoms with Gasteiger partial charge in [0, 0.05) is 0 Å². The van der Waals surface area contributed by atoms with Crippen molar-refractivity contribution >= 4 is 5.97 Å². The first-order chi connectivity index (χ1) is 9.09. The second-order valence-electron chi connectivity index (χ2n) is 6.60. The van der Waals surface area contributed by atoms with Crippen molar-refractivity contribution in [3.63, 3.8) is 0 Å². The molecule has 112 valence electrons. The van der Waals surface area contributed by atoms with E-state index in [0.717, 1.165) is 5.56 Å². The first kappa shape index (κ1) is 16.7. The Morgan fingerprint density at radius 2 is 1.60 bits per heavy atom. The molecule has 20 heavy (non-hydrogen) atoms. The van der Waals surface area contributed by atoms with Crippen LogP contribution in [0.2, 0.25) is 0 Å². The van der Waals surface area contributed by atoms with Crippen LogP contribution in [0.3, 0.4) is 0 Å². The van der Waals surface area contributed by atoms with E-state index in [4.69, 9.17) is 4.74 Å². The number of aliphatic hydroxyl groups is 1. The number of hydrogen-bond acceptors (Lipinski definition) is 3. The summed E-state index contributed by atoms with van der Waals surface area (Å²) in [6.07, 6.45) is 0. The third kappa shape index (κ3) is 3.60. The Morgan fingerprint density at radius 1 is 1.10 bits per heavy atom. The predicted octanol–water partition coefficient (Wildman–Crippen LogP) is 3.51. The normalized spacial score (nSPS) is 16.6. The molecule has 0 aliphatic rings. The van der Waals surface area contributed by atoms with Crippen LogP contribution < -0.4 is 0 Å². The van der Waals surface area contributed by atoms with Gasteiger partial charge in [-0.05, 0) is 39.2 Å². The average molecular weight is 278 g/mol. The Kier molecular flexibility index (Phi) is 4.98. The SMILES string of the molecule is CC(C)C(O)(c1ccccc1)C(C)C(=O)OC(C)(C)C. The van der Waals surface area contributed by atoms with E-state index in [0.29, 0.717) is 0 Å². The van der Waals surface area contributed by atoms with Crippen molar-refractivity contribution in [2.75, 3.05) is 0 Å². The molecule has 3 nitrogen and oxygen atoms in total. The van der Waals surface area contributed by atoms with Gasteiger partial charge in [0.25, 0.3) is 0 Å². The van der Waals surface area contributed by atoms with E-state index in [1.807, 2.05) is 65.0 Å². The predicted molar refractivity (Wildman–Crippen MR) is 80.2 cm³/mol. The van der Waals surface area contributed by atoms with Crippen LogP contribution >= 0.6 is 0 Å². The first-order valence-corrected chi connectivity index (χ1v) is 7.09. The fourth-order valence-corrected chi connectivity index (χ4v) is 2.36. The van der Waals surface area contributed by atoms with Gasteiger partial charge in [-0.1, -0.05) is 44.2 Å². The summed E-state index contributed by atoms with van der Waals surface area (Å²) < 4.78 is 5.42. The van der Waals surface area contributed by atoms with Crippen molar-refractivity contribution in [2.24, 2.45) is 11.8 Å². The van der Waals surface area contributed by atoms with E-state index < -0.39 is 17.1 Å². The quantitative estimate of drug-likeness (QED) is 0.857. The van der Waals surface area contributed by atoms with E-state index in [-0.39, 0.29) is 11.9 Å². The highest BCUT2D eigenvalue weighted by molar-refractivity contribution is 5.74. The van der Waals surface area contributed by atoms with Gasteiger partial charge in [-0.25, -0.2) is 0 Å². The monoisotopic (exact) mass is 278 g/mol. The Bertz CT molecular complexity index is 445. The fraction of sp³-hybridized carbons (Fsp3) is 0.588. The standard InChI is InChI=1S/C17H26O3/c1-12(2)17(19,14-10-8-7-9-11-14)13(3)15(18)20-16(4,5)6/h7-13,19H,1-6H3. The minimum Gasteiger partial charge on any atom is -0.460 e. The molecular weight excluding hydrogens is 252 g/mol. The van der Waals surface area contributed by atoms with Crippen molar-refractivity contribution in [2.45, 2.75) is 52.7 Å². The van der Waals surface area contributed by atoms with E-state index in [1.165, 1.54) is 0 Å². The number of ether oxygens (including phenoxy) is 1. The Hall–Kier alpha value is -1.35. The van der Waals surface area contributed by atoms with Gasteiger partial charge in [0.15, 0.2) is 0 Å². The van der Waals surface area contributed by atoms with Gasteiger partial charge in [0.2, 0.25) is 0 Å². The molecule has 0 aromatic heterocycles. The lowest BCUT2D eigenvalue weighted by Gasteiger charge is -2.38. The molecule has 1 rings (SSSR count). The second kappa shape index (κ2) is 5.96. The zero-order chi connectivity index (χ0) is 15.6. The molecule has 0 saturated carbocycles. The molecule has 0 saturated heterocycles. The van der Waals surface area contributed by atoms with Crippen LogP contribution in [0.15, 0.2) is 30.3 Å². The van der Waals surface area contributed by atoms with Gasteiger partial charge in [-0.3, -0.25) is 4.79 Å². The molecule has 0 heterocycles. The lowest BCUT2D eigenvalue weighted by Crippen LogP contribution is -2.44. The summed E-state index contributed by atoms with van der Waals surface area (Å²) in [6.45, 7) is 11.0. The zero-order valence-corrected chi connectivity index (χ0v) is 13.3. The minimum absolute atomic E-state index is 0.104. The maximum absolute atomic E-state index is 12.3. The van der Waals surface area contributed by atoms with Crippen molar-refractivity contribution in [3.8, 4) is 0 Å². The molecule has 1 N–H and O–H groups in total. The van der Waals surface area contributed by atoms with E-state index in [1.54, 1.807) is 6.92 Å². The molecule has 0 radical (unpaired) electrons. The first-order valence-electron chi connectivity index (χ1n) is 7.09. The maximum atomic E-state index is 12.3. The molecule has 1 aromatic carbocycles. The van der Waals surface area contributed by atoms with Crippen molar-refractivity contribution in [1.82, 2.24) is 0 Å². The van der Waals surface area contributed by atoms with Gasteiger partial charge in [-0.2, -0.15) is 0 Å². The highest BCUT2D eigenvalue weighted by Gasteiger charge is 2.44. The lowest BCUT2D eigenvalue weighted by molar-refractivity contribution is -0.173. The van der Waals surface area contributed by atoms with E-state index in [9.17, 15) is 9.90 Å². The van der Waals surface area contributed by atoms with Crippen LogP contribution in [0.1, 0.15) is 47.1 Å². The van der Waals surface area contributed by atoms with E-state index in [2.05, 4.69) is 0 Å². The highest BCUT2D eigenvalue weighted by atomic mass is 16.6. The van der Waals surface area contributed by atoms with Gasteiger partial charge in [-0.15, -0.1) is 0 Å². The number of carbonyl (C=O) groups excluding carboxylic acids is 1. The molecule has 3 heteroatoms.